The third-order valence-electron chi connectivity index (χ3n) is 4.56. The Bertz CT molecular complexity index is 1170. The third-order valence-corrected chi connectivity index (χ3v) is 4.56. The summed E-state index contributed by atoms with van der Waals surface area (Å²) in [6.07, 6.45) is 3.49. The van der Waals surface area contributed by atoms with Gasteiger partial charge in [-0.25, -0.2) is 9.88 Å². The molecule has 0 saturated carbocycles. The molecule has 2 amide bonds. The number of imidazole rings is 1. The fourth-order valence-electron chi connectivity index (χ4n) is 3.31. The predicted molar refractivity (Wildman–Crippen MR) is 95.4 cm³/mol. The normalized spacial score (nSPS) is 13.7. The Balaban J connectivity index is 1.76. The van der Waals surface area contributed by atoms with Crippen molar-refractivity contribution in [1.82, 2.24) is 19.3 Å². The van der Waals surface area contributed by atoms with E-state index in [2.05, 4.69) is 10.1 Å². The van der Waals surface area contributed by atoms with Crippen LogP contribution in [0.1, 0.15) is 20.7 Å². The van der Waals surface area contributed by atoms with Crippen molar-refractivity contribution in [2.45, 2.75) is 0 Å². The van der Waals surface area contributed by atoms with E-state index in [9.17, 15) is 9.59 Å². The monoisotopic (exact) mass is 343 g/mol. The molecule has 0 spiro atoms. The van der Waals surface area contributed by atoms with E-state index in [0.717, 1.165) is 10.4 Å². The molecular weight excluding hydrogens is 330 g/mol. The molecule has 0 unspecified atom stereocenters. The topological polar surface area (TPSA) is 73.0 Å². The SMILES string of the molecule is Cn1ccnc1-n1nc(N2C(=O)c3ccccc3C2=O)c2ccccc21. The van der Waals surface area contributed by atoms with E-state index in [0.29, 0.717) is 28.3 Å². The average molecular weight is 343 g/mol. The molecule has 1 aliphatic heterocycles. The molecule has 2 aromatic carbocycles. The summed E-state index contributed by atoms with van der Waals surface area (Å²) in [4.78, 5) is 31.2. The Kier molecular flexibility index (Phi) is 2.88. The van der Waals surface area contributed by atoms with Gasteiger partial charge in [0.2, 0.25) is 5.95 Å². The summed E-state index contributed by atoms with van der Waals surface area (Å²) in [5.41, 5.74) is 1.56. The van der Waals surface area contributed by atoms with Crippen molar-refractivity contribution in [1.29, 1.82) is 0 Å². The highest BCUT2D eigenvalue weighted by atomic mass is 16.2. The smallest absolute Gasteiger partial charge is 0.267 e. The molecule has 4 aromatic rings. The highest BCUT2D eigenvalue weighted by Gasteiger charge is 2.39. The first kappa shape index (κ1) is 14.6. The number of nitrogens with zero attached hydrogens (tertiary/aromatic N) is 5. The molecule has 2 aromatic heterocycles. The molecule has 5 rings (SSSR count). The molecule has 0 N–H and O–H groups in total. The standard InChI is InChI=1S/C19H13N5O2/c1-22-11-10-20-19(22)24-15-9-5-4-8-14(15)16(21-24)23-17(25)12-6-2-3-7-13(12)18(23)26/h2-11H,1H3. The molecule has 0 fully saturated rings. The number of aryl methyl sites for hydroxylation is 1. The first-order valence-electron chi connectivity index (χ1n) is 8.10. The summed E-state index contributed by atoms with van der Waals surface area (Å²) in [7, 11) is 1.86. The van der Waals surface area contributed by atoms with Crippen molar-refractivity contribution in [3.05, 3.63) is 72.1 Å². The maximum absolute atomic E-state index is 12.8. The zero-order valence-electron chi connectivity index (χ0n) is 13.8. The number of benzene rings is 2. The summed E-state index contributed by atoms with van der Waals surface area (Å²) < 4.78 is 3.47. The van der Waals surface area contributed by atoms with Gasteiger partial charge < -0.3 is 4.57 Å². The Hall–Kier alpha value is -3.74. The molecule has 3 heterocycles. The molecular formula is C19H13N5O2. The number of aromatic nitrogens is 4. The summed E-state index contributed by atoms with van der Waals surface area (Å²) in [6, 6.07) is 14.3. The Morgan fingerprint density at radius 2 is 1.54 bits per heavy atom. The zero-order valence-corrected chi connectivity index (χ0v) is 13.8. The second-order valence-corrected chi connectivity index (χ2v) is 6.08. The minimum Gasteiger partial charge on any atom is -0.319 e. The largest absolute Gasteiger partial charge is 0.319 e. The van der Waals surface area contributed by atoms with Crippen molar-refractivity contribution in [3.63, 3.8) is 0 Å². The molecule has 1 aliphatic rings. The summed E-state index contributed by atoms with van der Waals surface area (Å²) in [5.74, 6) is 0.195. The highest BCUT2D eigenvalue weighted by Crippen LogP contribution is 2.33. The maximum atomic E-state index is 12.8. The predicted octanol–water partition coefficient (Wildman–Crippen LogP) is 2.56. The lowest BCUT2D eigenvalue weighted by atomic mass is 10.1. The van der Waals surface area contributed by atoms with E-state index >= 15 is 0 Å². The van der Waals surface area contributed by atoms with E-state index in [1.165, 1.54) is 0 Å². The number of carbonyl (C=O) groups is 2. The lowest BCUT2D eigenvalue weighted by molar-refractivity contribution is 0.0925. The maximum Gasteiger partial charge on any atom is 0.267 e. The number of anilines is 1. The fraction of sp³-hybridized carbons (Fsp3) is 0.0526. The lowest BCUT2D eigenvalue weighted by Crippen LogP contribution is -2.30. The summed E-state index contributed by atoms with van der Waals surface area (Å²) >= 11 is 0. The van der Waals surface area contributed by atoms with Crippen molar-refractivity contribution >= 4 is 28.5 Å². The van der Waals surface area contributed by atoms with Crippen molar-refractivity contribution in [3.8, 4) is 5.95 Å². The van der Waals surface area contributed by atoms with Crippen molar-refractivity contribution in [2.24, 2.45) is 7.05 Å². The Labute approximate surface area is 148 Å². The minimum absolute atomic E-state index is 0.315. The first-order valence-corrected chi connectivity index (χ1v) is 8.10. The number of fused-ring (bicyclic) bond motifs is 2. The molecule has 7 nitrogen and oxygen atoms in total. The number of imide groups is 1. The van der Waals surface area contributed by atoms with Gasteiger partial charge in [0, 0.05) is 24.8 Å². The lowest BCUT2D eigenvalue weighted by Gasteiger charge is -2.10. The van der Waals surface area contributed by atoms with E-state index < -0.39 is 0 Å². The van der Waals surface area contributed by atoms with Gasteiger partial charge in [0.15, 0.2) is 5.82 Å². The second kappa shape index (κ2) is 5.13. The van der Waals surface area contributed by atoms with Crippen LogP contribution < -0.4 is 4.90 Å². The van der Waals surface area contributed by atoms with Crippen LogP contribution in [-0.2, 0) is 7.05 Å². The summed E-state index contributed by atoms with van der Waals surface area (Å²) in [6.45, 7) is 0. The van der Waals surface area contributed by atoms with Gasteiger partial charge in [0.1, 0.15) is 0 Å². The van der Waals surface area contributed by atoms with Gasteiger partial charge in [0.05, 0.1) is 16.6 Å². The van der Waals surface area contributed by atoms with Crippen LogP contribution in [0.2, 0.25) is 0 Å². The van der Waals surface area contributed by atoms with E-state index in [4.69, 9.17) is 0 Å². The van der Waals surface area contributed by atoms with E-state index in [1.54, 1.807) is 35.1 Å². The molecule has 0 saturated heterocycles. The Morgan fingerprint density at radius 3 is 2.19 bits per heavy atom. The van der Waals surface area contributed by atoms with Gasteiger partial charge in [-0.05, 0) is 24.3 Å². The molecule has 0 radical (unpaired) electrons. The number of carbonyl (C=O) groups excluding carboxylic acids is 2. The van der Waals surface area contributed by atoms with Gasteiger partial charge in [-0.2, -0.15) is 4.68 Å². The van der Waals surface area contributed by atoms with Crippen LogP contribution in [0.5, 0.6) is 0 Å². The minimum atomic E-state index is -0.360. The molecule has 0 aliphatic carbocycles. The third kappa shape index (κ3) is 1.82. The quantitative estimate of drug-likeness (QED) is 0.524. The van der Waals surface area contributed by atoms with Crippen molar-refractivity contribution < 1.29 is 9.59 Å². The van der Waals surface area contributed by atoms with E-state index in [-0.39, 0.29) is 11.8 Å². The van der Waals surface area contributed by atoms with Gasteiger partial charge in [-0.1, -0.05) is 24.3 Å². The van der Waals surface area contributed by atoms with E-state index in [1.807, 2.05) is 42.1 Å². The number of amides is 2. The molecule has 0 atom stereocenters. The second-order valence-electron chi connectivity index (χ2n) is 6.08. The number of hydrogen-bond acceptors (Lipinski definition) is 4. The summed E-state index contributed by atoms with van der Waals surface area (Å²) in [5, 5.41) is 5.29. The zero-order chi connectivity index (χ0) is 17.8. The van der Waals surface area contributed by atoms with Gasteiger partial charge in [-0.3, -0.25) is 9.59 Å². The number of hydrogen-bond donors (Lipinski definition) is 0. The number of rotatable bonds is 2. The highest BCUT2D eigenvalue weighted by molar-refractivity contribution is 6.35. The van der Waals surface area contributed by atoms with Crippen LogP contribution in [0.25, 0.3) is 16.9 Å². The molecule has 126 valence electrons. The van der Waals surface area contributed by atoms with Crippen LogP contribution in [-0.4, -0.2) is 31.1 Å². The molecule has 7 heteroatoms. The molecule has 0 bridgehead atoms. The molecule has 26 heavy (non-hydrogen) atoms. The van der Waals surface area contributed by atoms with Gasteiger partial charge in [0.25, 0.3) is 11.8 Å². The average Bonchev–Trinajstić information content (AvgIpc) is 3.31. The Morgan fingerprint density at radius 1 is 0.885 bits per heavy atom. The van der Waals surface area contributed by atoms with Crippen LogP contribution in [0.15, 0.2) is 60.9 Å². The van der Waals surface area contributed by atoms with Crippen LogP contribution >= 0.6 is 0 Å². The number of para-hydroxylation sites is 1. The fourth-order valence-corrected chi connectivity index (χ4v) is 3.31. The van der Waals surface area contributed by atoms with Crippen LogP contribution in [0, 0.1) is 0 Å². The van der Waals surface area contributed by atoms with Gasteiger partial charge >= 0.3 is 0 Å². The van der Waals surface area contributed by atoms with Crippen LogP contribution in [0.3, 0.4) is 0 Å². The van der Waals surface area contributed by atoms with Gasteiger partial charge in [-0.15, -0.1) is 5.10 Å². The van der Waals surface area contributed by atoms with Crippen LogP contribution in [0.4, 0.5) is 5.82 Å². The van der Waals surface area contributed by atoms with Crippen molar-refractivity contribution in [2.75, 3.05) is 4.90 Å². The first-order chi connectivity index (χ1) is 12.7.